The number of sulfonamides is 1. The number of aryl methyl sites for hydroxylation is 1. The molecule has 0 bridgehead atoms. The molecule has 1 fully saturated rings. The van der Waals surface area contributed by atoms with Crippen molar-refractivity contribution < 1.29 is 13.2 Å². The summed E-state index contributed by atoms with van der Waals surface area (Å²) < 4.78 is 34.2. The summed E-state index contributed by atoms with van der Waals surface area (Å²) in [5, 5.41) is 0. The highest BCUT2D eigenvalue weighted by Crippen LogP contribution is 2.23. The van der Waals surface area contributed by atoms with Crippen LogP contribution in [-0.4, -0.2) is 32.2 Å². The van der Waals surface area contributed by atoms with Gasteiger partial charge in [0.1, 0.15) is 0 Å². The molecule has 7 heteroatoms. The molecule has 1 heterocycles. The predicted molar refractivity (Wildman–Crippen MR) is 72.1 cm³/mol. The highest BCUT2D eigenvalue weighted by Gasteiger charge is 2.29. The zero-order chi connectivity index (χ0) is 14.0. The fraction of sp³-hybridized carbons (Fsp3) is 0.667. The van der Waals surface area contributed by atoms with Crippen LogP contribution in [0.3, 0.4) is 0 Å². The van der Waals surface area contributed by atoms with Crippen molar-refractivity contribution in [2.24, 2.45) is 12.8 Å². The molecule has 3 N–H and O–H groups in total. The highest BCUT2D eigenvalue weighted by atomic mass is 32.2. The summed E-state index contributed by atoms with van der Waals surface area (Å²) in [4.78, 5) is 0.274. The van der Waals surface area contributed by atoms with Crippen LogP contribution in [-0.2, 0) is 28.4 Å². The van der Waals surface area contributed by atoms with Gasteiger partial charge in [0.2, 0.25) is 10.0 Å². The first-order valence-corrected chi connectivity index (χ1v) is 7.85. The van der Waals surface area contributed by atoms with Crippen LogP contribution in [0, 0.1) is 0 Å². The molecule has 1 aromatic rings. The molecule has 2 rings (SSSR count). The molecule has 0 spiro atoms. The summed E-state index contributed by atoms with van der Waals surface area (Å²) in [6, 6.07) is 1.57. The number of hydrogen-bond acceptors (Lipinski definition) is 4. The average molecular weight is 287 g/mol. The maximum Gasteiger partial charge on any atom is 0.242 e. The number of ether oxygens (including phenoxy) is 1. The molecule has 1 saturated carbocycles. The lowest BCUT2D eigenvalue weighted by Crippen LogP contribution is -2.33. The second kappa shape index (κ2) is 5.62. The SMILES string of the molecule is COC1CCC(NS(=O)(=O)c2cc(CN)n(C)c2)C1. The van der Waals surface area contributed by atoms with Gasteiger partial charge in [0.25, 0.3) is 0 Å². The Bertz CT molecular complexity index is 538. The van der Waals surface area contributed by atoms with Gasteiger partial charge in [0.05, 0.1) is 11.0 Å². The van der Waals surface area contributed by atoms with Gasteiger partial charge < -0.3 is 15.0 Å². The number of rotatable bonds is 5. The summed E-state index contributed by atoms with van der Waals surface area (Å²) in [6.07, 6.45) is 4.18. The van der Waals surface area contributed by atoms with E-state index in [9.17, 15) is 8.42 Å². The van der Waals surface area contributed by atoms with Crippen molar-refractivity contribution in [1.82, 2.24) is 9.29 Å². The Balaban J connectivity index is 2.10. The summed E-state index contributed by atoms with van der Waals surface area (Å²) >= 11 is 0. The van der Waals surface area contributed by atoms with Gasteiger partial charge in [-0.25, -0.2) is 13.1 Å². The Hall–Kier alpha value is -0.890. The molecule has 1 aromatic heterocycles. The van der Waals surface area contributed by atoms with Crippen LogP contribution < -0.4 is 10.5 Å². The number of hydrogen-bond donors (Lipinski definition) is 2. The number of nitrogens with two attached hydrogens (primary N) is 1. The van der Waals surface area contributed by atoms with E-state index < -0.39 is 10.0 Å². The Morgan fingerprint density at radius 2 is 2.26 bits per heavy atom. The van der Waals surface area contributed by atoms with E-state index in [4.69, 9.17) is 10.5 Å². The van der Waals surface area contributed by atoms with Crippen LogP contribution in [0.5, 0.6) is 0 Å². The molecule has 19 heavy (non-hydrogen) atoms. The summed E-state index contributed by atoms with van der Waals surface area (Å²) in [5.74, 6) is 0. The third-order valence-electron chi connectivity index (χ3n) is 3.64. The van der Waals surface area contributed by atoms with Crippen molar-refractivity contribution in [2.45, 2.75) is 42.8 Å². The van der Waals surface area contributed by atoms with Crippen molar-refractivity contribution in [3.8, 4) is 0 Å². The van der Waals surface area contributed by atoms with E-state index in [1.165, 1.54) is 0 Å². The first-order valence-electron chi connectivity index (χ1n) is 6.36. The van der Waals surface area contributed by atoms with Crippen molar-refractivity contribution in [1.29, 1.82) is 0 Å². The molecule has 0 saturated heterocycles. The van der Waals surface area contributed by atoms with Crippen LogP contribution in [0.25, 0.3) is 0 Å². The van der Waals surface area contributed by atoms with E-state index in [-0.39, 0.29) is 17.0 Å². The molecule has 108 valence electrons. The molecular formula is C12H21N3O3S. The molecule has 0 amide bonds. The van der Waals surface area contributed by atoms with Crippen molar-refractivity contribution in [2.75, 3.05) is 7.11 Å². The summed E-state index contributed by atoms with van der Waals surface area (Å²) in [7, 11) is -0.0206. The highest BCUT2D eigenvalue weighted by molar-refractivity contribution is 7.89. The van der Waals surface area contributed by atoms with Crippen molar-refractivity contribution >= 4 is 10.0 Å². The standard InChI is InChI=1S/C12H21N3O3S/c1-15-8-12(6-10(15)7-13)19(16,17)14-9-3-4-11(5-9)18-2/h6,8-9,11,14H,3-5,7,13H2,1-2H3. The summed E-state index contributed by atoms with van der Waals surface area (Å²) in [5.41, 5.74) is 6.35. The molecule has 2 atom stereocenters. The quantitative estimate of drug-likeness (QED) is 0.817. The molecule has 0 radical (unpaired) electrons. The third-order valence-corrected chi connectivity index (χ3v) is 5.13. The molecule has 0 aromatic carbocycles. The maximum absolute atomic E-state index is 12.3. The van der Waals surface area contributed by atoms with Gasteiger partial charge >= 0.3 is 0 Å². The van der Waals surface area contributed by atoms with Gasteiger partial charge in [-0.15, -0.1) is 0 Å². The predicted octanol–water partition coefficient (Wildman–Crippen LogP) is 0.330. The molecular weight excluding hydrogens is 266 g/mol. The fourth-order valence-corrected chi connectivity index (χ4v) is 3.85. The molecule has 1 aliphatic rings. The van der Waals surface area contributed by atoms with Crippen LogP contribution in [0.2, 0.25) is 0 Å². The lowest BCUT2D eigenvalue weighted by atomic mass is 10.3. The van der Waals surface area contributed by atoms with Crippen LogP contribution >= 0.6 is 0 Å². The first kappa shape index (κ1) is 14.5. The fourth-order valence-electron chi connectivity index (χ4n) is 2.48. The van der Waals surface area contributed by atoms with Gasteiger partial charge in [0.15, 0.2) is 0 Å². The zero-order valence-electron chi connectivity index (χ0n) is 11.3. The number of nitrogens with zero attached hydrogens (tertiary/aromatic N) is 1. The smallest absolute Gasteiger partial charge is 0.242 e. The van der Waals surface area contributed by atoms with Crippen molar-refractivity contribution in [3.05, 3.63) is 18.0 Å². The van der Waals surface area contributed by atoms with E-state index >= 15 is 0 Å². The van der Waals surface area contributed by atoms with Crippen LogP contribution in [0.1, 0.15) is 25.0 Å². The number of nitrogens with one attached hydrogen (secondary N) is 1. The lowest BCUT2D eigenvalue weighted by Gasteiger charge is -2.12. The normalized spacial score (nSPS) is 23.9. The van der Waals surface area contributed by atoms with Gasteiger partial charge in [-0.05, 0) is 25.3 Å². The number of aromatic nitrogens is 1. The average Bonchev–Trinajstić information content (AvgIpc) is 2.95. The number of methoxy groups -OCH3 is 1. The second-order valence-electron chi connectivity index (χ2n) is 4.97. The summed E-state index contributed by atoms with van der Waals surface area (Å²) in [6.45, 7) is 0.321. The van der Waals surface area contributed by atoms with E-state index in [0.717, 1.165) is 25.0 Å². The minimum atomic E-state index is -3.47. The molecule has 2 unspecified atom stereocenters. The van der Waals surface area contributed by atoms with Gasteiger partial charge in [0, 0.05) is 38.6 Å². The van der Waals surface area contributed by atoms with E-state index in [0.29, 0.717) is 6.54 Å². The van der Waals surface area contributed by atoms with Crippen LogP contribution in [0.15, 0.2) is 17.2 Å². The first-order chi connectivity index (χ1) is 8.96. The van der Waals surface area contributed by atoms with E-state index in [1.807, 2.05) is 0 Å². The minimum absolute atomic E-state index is 0.0449. The van der Waals surface area contributed by atoms with Gasteiger partial charge in [-0.1, -0.05) is 0 Å². The van der Waals surface area contributed by atoms with Crippen LogP contribution in [0.4, 0.5) is 0 Å². The second-order valence-corrected chi connectivity index (χ2v) is 6.69. The topological polar surface area (TPSA) is 86.3 Å². The molecule has 1 aliphatic carbocycles. The Morgan fingerprint density at radius 1 is 1.53 bits per heavy atom. The Labute approximate surface area is 114 Å². The lowest BCUT2D eigenvalue weighted by molar-refractivity contribution is 0.107. The van der Waals surface area contributed by atoms with E-state index in [1.54, 1.807) is 31.0 Å². The maximum atomic E-state index is 12.3. The van der Waals surface area contributed by atoms with Crippen molar-refractivity contribution in [3.63, 3.8) is 0 Å². The van der Waals surface area contributed by atoms with Gasteiger partial charge in [-0.2, -0.15) is 0 Å². The molecule has 0 aliphatic heterocycles. The zero-order valence-corrected chi connectivity index (χ0v) is 12.1. The monoisotopic (exact) mass is 287 g/mol. The van der Waals surface area contributed by atoms with Gasteiger partial charge in [-0.3, -0.25) is 0 Å². The largest absolute Gasteiger partial charge is 0.381 e. The Morgan fingerprint density at radius 3 is 2.79 bits per heavy atom. The third kappa shape index (κ3) is 3.17. The molecule has 6 nitrogen and oxygen atoms in total. The Kier molecular flexibility index (Phi) is 4.29. The van der Waals surface area contributed by atoms with E-state index in [2.05, 4.69) is 4.72 Å². The minimum Gasteiger partial charge on any atom is -0.381 e.